The standard InChI is InChI=1S/C5H10N2.C2H6/c6-7-4-2-1-3-5-7;1-2/h1-2H,3-6H2;1-2H3. The van der Waals surface area contributed by atoms with Crippen molar-refractivity contribution in [2.45, 2.75) is 20.3 Å². The molecule has 0 unspecified atom stereocenters. The molecule has 0 aromatic rings. The van der Waals surface area contributed by atoms with E-state index in [1.807, 2.05) is 13.8 Å². The SMILES string of the molecule is CC.NN1CC=CCC1. The molecular formula is C7H16N2. The summed E-state index contributed by atoms with van der Waals surface area (Å²) in [6.07, 6.45) is 5.35. The van der Waals surface area contributed by atoms with Gasteiger partial charge in [0.15, 0.2) is 0 Å². The van der Waals surface area contributed by atoms with Crippen molar-refractivity contribution >= 4 is 0 Å². The van der Waals surface area contributed by atoms with Gasteiger partial charge in [0.25, 0.3) is 0 Å². The number of nitrogens with two attached hydrogens (primary N) is 1. The molecule has 54 valence electrons. The third kappa shape index (κ3) is 4.18. The fraction of sp³-hybridized carbons (Fsp3) is 0.714. The van der Waals surface area contributed by atoms with Crippen LogP contribution in [0.4, 0.5) is 0 Å². The van der Waals surface area contributed by atoms with Crippen LogP contribution in [0.25, 0.3) is 0 Å². The number of nitrogens with zero attached hydrogens (tertiary/aromatic N) is 1. The summed E-state index contributed by atoms with van der Waals surface area (Å²) in [4.78, 5) is 0. The summed E-state index contributed by atoms with van der Waals surface area (Å²) in [7, 11) is 0. The summed E-state index contributed by atoms with van der Waals surface area (Å²) < 4.78 is 0. The Balaban J connectivity index is 0.000000291. The molecule has 0 aromatic carbocycles. The van der Waals surface area contributed by atoms with Crippen LogP contribution in [-0.2, 0) is 0 Å². The number of hydrazine groups is 1. The van der Waals surface area contributed by atoms with Gasteiger partial charge < -0.3 is 0 Å². The molecule has 0 bridgehead atoms. The molecule has 0 saturated heterocycles. The van der Waals surface area contributed by atoms with Crippen molar-refractivity contribution < 1.29 is 0 Å². The summed E-state index contributed by atoms with van der Waals surface area (Å²) in [5.74, 6) is 5.42. The lowest BCUT2D eigenvalue weighted by Gasteiger charge is -2.15. The van der Waals surface area contributed by atoms with Crippen molar-refractivity contribution in [3.63, 3.8) is 0 Å². The van der Waals surface area contributed by atoms with Gasteiger partial charge in [-0.25, -0.2) is 5.01 Å². The van der Waals surface area contributed by atoms with Gasteiger partial charge in [0.1, 0.15) is 0 Å². The smallest absolute Gasteiger partial charge is 0.0309 e. The molecule has 1 aliphatic rings. The summed E-state index contributed by atoms with van der Waals surface area (Å²) in [6.45, 7) is 5.93. The Bertz CT molecular complexity index is 79.0. The zero-order chi connectivity index (χ0) is 7.11. The lowest BCUT2D eigenvalue weighted by atomic mass is 10.3. The highest BCUT2D eigenvalue weighted by atomic mass is 15.4. The van der Waals surface area contributed by atoms with Crippen LogP contribution in [-0.4, -0.2) is 18.1 Å². The maximum Gasteiger partial charge on any atom is 0.0309 e. The first-order valence-electron chi connectivity index (χ1n) is 3.54. The van der Waals surface area contributed by atoms with Gasteiger partial charge >= 0.3 is 0 Å². The van der Waals surface area contributed by atoms with Gasteiger partial charge in [0, 0.05) is 13.1 Å². The fourth-order valence-corrected chi connectivity index (χ4v) is 0.659. The predicted octanol–water partition coefficient (Wildman–Crippen LogP) is 1.15. The van der Waals surface area contributed by atoms with Crippen LogP contribution in [0, 0.1) is 0 Å². The zero-order valence-corrected chi connectivity index (χ0v) is 6.30. The average molecular weight is 128 g/mol. The second-order valence-corrected chi connectivity index (χ2v) is 1.76. The van der Waals surface area contributed by atoms with Crippen LogP contribution in [0.3, 0.4) is 0 Å². The Morgan fingerprint density at radius 1 is 1.33 bits per heavy atom. The highest BCUT2D eigenvalue weighted by Crippen LogP contribution is 1.92. The fourth-order valence-electron chi connectivity index (χ4n) is 0.659. The van der Waals surface area contributed by atoms with E-state index in [1.165, 1.54) is 0 Å². The number of rotatable bonds is 0. The third-order valence-electron chi connectivity index (χ3n) is 1.09. The number of hydrogen-bond acceptors (Lipinski definition) is 2. The minimum Gasteiger partial charge on any atom is -0.268 e. The van der Waals surface area contributed by atoms with Gasteiger partial charge in [-0.05, 0) is 6.42 Å². The van der Waals surface area contributed by atoms with E-state index in [9.17, 15) is 0 Å². The highest BCUT2D eigenvalue weighted by molar-refractivity contribution is 4.88. The first kappa shape index (κ1) is 8.66. The summed E-state index contributed by atoms with van der Waals surface area (Å²) in [6, 6.07) is 0. The second-order valence-electron chi connectivity index (χ2n) is 1.76. The van der Waals surface area contributed by atoms with E-state index in [0.717, 1.165) is 19.5 Å². The molecule has 0 atom stereocenters. The second kappa shape index (κ2) is 5.79. The molecule has 1 heterocycles. The van der Waals surface area contributed by atoms with Crippen molar-refractivity contribution in [3.05, 3.63) is 12.2 Å². The predicted molar refractivity (Wildman–Crippen MR) is 40.9 cm³/mol. The molecule has 2 nitrogen and oxygen atoms in total. The summed E-state index contributed by atoms with van der Waals surface area (Å²) >= 11 is 0. The molecule has 0 aliphatic carbocycles. The molecule has 2 N–H and O–H groups in total. The summed E-state index contributed by atoms with van der Waals surface area (Å²) in [5, 5.41) is 1.81. The van der Waals surface area contributed by atoms with Gasteiger partial charge in [-0.2, -0.15) is 0 Å². The molecule has 1 rings (SSSR count). The first-order valence-corrected chi connectivity index (χ1v) is 3.54. The normalized spacial score (nSPS) is 18.6. The Kier molecular flexibility index (Phi) is 5.57. The van der Waals surface area contributed by atoms with Crippen LogP contribution in [0.1, 0.15) is 20.3 Å². The van der Waals surface area contributed by atoms with Crippen LogP contribution >= 0.6 is 0 Å². The van der Waals surface area contributed by atoms with E-state index >= 15 is 0 Å². The van der Waals surface area contributed by atoms with Gasteiger partial charge in [-0.15, -0.1) is 0 Å². The van der Waals surface area contributed by atoms with Gasteiger partial charge in [0.2, 0.25) is 0 Å². The van der Waals surface area contributed by atoms with Crippen molar-refractivity contribution in [1.29, 1.82) is 0 Å². The molecular weight excluding hydrogens is 112 g/mol. The lowest BCUT2D eigenvalue weighted by Crippen LogP contribution is -2.33. The van der Waals surface area contributed by atoms with E-state index < -0.39 is 0 Å². The molecule has 1 aliphatic heterocycles. The monoisotopic (exact) mass is 128 g/mol. The van der Waals surface area contributed by atoms with Gasteiger partial charge in [-0.1, -0.05) is 26.0 Å². The van der Waals surface area contributed by atoms with Crippen molar-refractivity contribution in [3.8, 4) is 0 Å². The van der Waals surface area contributed by atoms with E-state index in [2.05, 4.69) is 12.2 Å². The molecule has 0 saturated carbocycles. The van der Waals surface area contributed by atoms with Crippen LogP contribution < -0.4 is 5.84 Å². The third-order valence-corrected chi connectivity index (χ3v) is 1.09. The van der Waals surface area contributed by atoms with Crippen LogP contribution in [0.15, 0.2) is 12.2 Å². The Labute approximate surface area is 57.3 Å². The quantitative estimate of drug-likeness (QED) is 0.391. The first-order chi connectivity index (χ1) is 4.39. The largest absolute Gasteiger partial charge is 0.268 e. The zero-order valence-electron chi connectivity index (χ0n) is 6.30. The van der Waals surface area contributed by atoms with E-state index in [1.54, 1.807) is 5.01 Å². The highest BCUT2D eigenvalue weighted by Gasteiger charge is 1.96. The molecule has 0 radical (unpaired) electrons. The average Bonchev–Trinajstić information content (AvgIpc) is 1.94. The minimum absolute atomic E-state index is 0.917. The van der Waals surface area contributed by atoms with E-state index in [-0.39, 0.29) is 0 Å². The molecule has 0 fully saturated rings. The van der Waals surface area contributed by atoms with Crippen molar-refractivity contribution in [2.24, 2.45) is 5.84 Å². The minimum atomic E-state index is 0.917. The Morgan fingerprint density at radius 3 is 2.22 bits per heavy atom. The molecule has 9 heavy (non-hydrogen) atoms. The Hall–Kier alpha value is -0.340. The maximum atomic E-state index is 5.42. The molecule has 2 heteroatoms. The van der Waals surface area contributed by atoms with Crippen molar-refractivity contribution in [1.82, 2.24) is 5.01 Å². The molecule has 0 amide bonds. The van der Waals surface area contributed by atoms with Crippen LogP contribution in [0.5, 0.6) is 0 Å². The van der Waals surface area contributed by atoms with Gasteiger partial charge in [-0.3, -0.25) is 5.84 Å². The van der Waals surface area contributed by atoms with Crippen molar-refractivity contribution in [2.75, 3.05) is 13.1 Å². The van der Waals surface area contributed by atoms with Gasteiger partial charge in [0.05, 0.1) is 0 Å². The van der Waals surface area contributed by atoms with E-state index in [0.29, 0.717) is 0 Å². The molecule has 0 spiro atoms. The van der Waals surface area contributed by atoms with E-state index in [4.69, 9.17) is 5.84 Å². The topological polar surface area (TPSA) is 29.3 Å². The lowest BCUT2D eigenvalue weighted by molar-refractivity contribution is 0.310. The maximum absolute atomic E-state index is 5.42. The number of hydrogen-bond donors (Lipinski definition) is 1. The Morgan fingerprint density at radius 2 is 2.00 bits per heavy atom. The summed E-state index contributed by atoms with van der Waals surface area (Å²) in [5.41, 5.74) is 0. The molecule has 0 aromatic heterocycles. The van der Waals surface area contributed by atoms with Crippen LogP contribution in [0.2, 0.25) is 0 Å².